The second-order valence-corrected chi connectivity index (χ2v) is 6.68. The Labute approximate surface area is 165 Å². The summed E-state index contributed by atoms with van der Waals surface area (Å²) in [4.78, 5) is 27.3. The molecule has 6 heteroatoms. The van der Waals surface area contributed by atoms with Crippen LogP contribution < -0.4 is 9.47 Å². The molecule has 148 valence electrons. The van der Waals surface area contributed by atoms with Crippen LogP contribution in [0.4, 0.5) is 0 Å². The number of carbonyl (C=O) groups excluding carboxylic acids is 2. The average Bonchev–Trinajstić information content (AvgIpc) is 3.27. The summed E-state index contributed by atoms with van der Waals surface area (Å²) < 4.78 is 16.1. The minimum atomic E-state index is -0.924. The van der Waals surface area contributed by atoms with E-state index in [1.165, 1.54) is 0 Å². The molecule has 1 aliphatic heterocycles. The van der Waals surface area contributed by atoms with Gasteiger partial charge in [-0.1, -0.05) is 36.4 Å². The summed E-state index contributed by atoms with van der Waals surface area (Å²) in [6.07, 6.45) is 1.07. The third-order valence-corrected chi connectivity index (χ3v) is 4.79. The smallest absolute Gasteiger partial charge is 0.311 e. The molecule has 0 bridgehead atoms. The van der Waals surface area contributed by atoms with Gasteiger partial charge in [0, 0.05) is 18.7 Å². The summed E-state index contributed by atoms with van der Waals surface area (Å²) in [6.45, 7) is 1.41. The first-order valence-corrected chi connectivity index (χ1v) is 9.36. The number of ether oxygens (including phenoxy) is 3. The van der Waals surface area contributed by atoms with Crippen molar-refractivity contribution in [3.05, 3.63) is 59.7 Å². The highest BCUT2D eigenvalue weighted by atomic mass is 16.5. The van der Waals surface area contributed by atoms with Gasteiger partial charge in [-0.15, -0.1) is 0 Å². The molecular formula is C22H25NO5. The molecule has 3 rings (SSSR count). The van der Waals surface area contributed by atoms with Gasteiger partial charge in [0.25, 0.3) is 5.91 Å². The van der Waals surface area contributed by atoms with Crippen molar-refractivity contribution in [3.63, 3.8) is 0 Å². The number of nitrogens with zero attached hydrogens (tertiary/aromatic N) is 1. The Morgan fingerprint density at radius 1 is 0.964 bits per heavy atom. The molecule has 1 atom stereocenters. The van der Waals surface area contributed by atoms with Gasteiger partial charge in [-0.3, -0.25) is 9.59 Å². The van der Waals surface area contributed by atoms with Gasteiger partial charge in [-0.2, -0.15) is 0 Å². The van der Waals surface area contributed by atoms with Gasteiger partial charge in [0.2, 0.25) is 6.10 Å². The van der Waals surface area contributed by atoms with Crippen LogP contribution >= 0.6 is 0 Å². The van der Waals surface area contributed by atoms with Crippen LogP contribution in [0, 0.1) is 0 Å². The Balaban J connectivity index is 1.75. The summed E-state index contributed by atoms with van der Waals surface area (Å²) in [5.41, 5.74) is 1.41. The third-order valence-electron chi connectivity index (χ3n) is 4.79. The summed E-state index contributed by atoms with van der Waals surface area (Å²) in [7, 11) is 3.10. The first-order chi connectivity index (χ1) is 13.6. The number of hydrogen-bond acceptors (Lipinski definition) is 5. The largest absolute Gasteiger partial charge is 0.493 e. The fourth-order valence-electron chi connectivity index (χ4n) is 3.32. The van der Waals surface area contributed by atoms with E-state index < -0.39 is 12.1 Å². The van der Waals surface area contributed by atoms with Crippen molar-refractivity contribution in [2.75, 3.05) is 27.3 Å². The lowest BCUT2D eigenvalue weighted by Crippen LogP contribution is -2.35. The summed E-state index contributed by atoms with van der Waals surface area (Å²) in [5, 5.41) is 0. The molecule has 0 radical (unpaired) electrons. The Kier molecular flexibility index (Phi) is 6.53. The van der Waals surface area contributed by atoms with Gasteiger partial charge in [0.1, 0.15) is 0 Å². The van der Waals surface area contributed by atoms with Gasteiger partial charge in [0.15, 0.2) is 11.5 Å². The molecule has 2 aromatic carbocycles. The van der Waals surface area contributed by atoms with E-state index in [0.717, 1.165) is 18.4 Å². The number of carbonyl (C=O) groups is 2. The molecule has 1 heterocycles. The first-order valence-electron chi connectivity index (χ1n) is 9.36. The van der Waals surface area contributed by atoms with Crippen molar-refractivity contribution >= 4 is 11.9 Å². The van der Waals surface area contributed by atoms with Gasteiger partial charge in [0.05, 0.1) is 20.6 Å². The number of rotatable bonds is 7. The molecule has 2 aromatic rings. The molecule has 0 unspecified atom stereocenters. The van der Waals surface area contributed by atoms with Crippen molar-refractivity contribution in [2.45, 2.75) is 25.4 Å². The minimum Gasteiger partial charge on any atom is -0.493 e. The topological polar surface area (TPSA) is 65.1 Å². The van der Waals surface area contributed by atoms with Gasteiger partial charge in [-0.25, -0.2) is 0 Å². The molecule has 0 aromatic heterocycles. The second kappa shape index (κ2) is 9.26. The van der Waals surface area contributed by atoms with Crippen molar-refractivity contribution in [2.24, 2.45) is 0 Å². The number of methoxy groups -OCH3 is 2. The maximum absolute atomic E-state index is 12.9. The van der Waals surface area contributed by atoms with E-state index in [9.17, 15) is 9.59 Å². The highest BCUT2D eigenvalue weighted by Gasteiger charge is 2.30. The number of benzene rings is 2. The maximum Gasteiger partial charge on any atom is 0.311 e. The molecule has 0 spiro atoms. The van der Waals surface area contributed by atoms with E-state index in [1.807, 2.05) is 30.3 Å². The van der Waals surface area contributed by atoms with Crippen LogP contribution in [-0.2, 0) is 20.7 Å². The van der Waals surface area contributed by atoms with Gasteiger partial charge < -0.3 is 19.1 Å². The number of amides is 1. The second-order valence-electron chi connectivity index (χ2n) is 6.68. The molecule has 28 heavy (non-hydrogen) atoms. The minimum absolute atomic E-state index is 0.0387. The van der Waals surface area contributed by atoms with Crippen molar-refractivity contribution in [1.29, 1.82) is 0 Å². The highest BCUT2D eigenvalue weighted by Crippen LogP contribution is 2.28. The number of hydrogen-bond donors (Lipinski definition) is 0. The van der Waals surface area contributed by atoms with Gasteiger partial charge >= 0.3 is 5.97 Å². The van der Waals surface area contributed by atoms with Gasteiger partial charge in [-0.05, 0) is 30.5 Å². The lowest BCUT2D eigenvalue weighted by Gasteiger charge is -2.23. The lowest BCUT2D eigenvalue weighted by atomic mass is 10.1. The van der Waals surface area contributed by atoms with Crippen molar-refractivity contribution < 1.29 is 23.8 Å². The molecule has 1 saturated heterocycles. The highest BCUT2D eigenvalue weighted by molar-refractivity contribution is 5.85. The zero-order valence-electron chi connectivity index (χ0n) is 16.2. The van der Waals surface area contributed by atoms with Crippen LogP contribution in [0.25, 0.3) is 0 Å². The Hall–Kier alpha value is -3.02. The Morgan fingerprint density at radius 3 is 2.29 bits per heavy atom. The van der Waals surface area contributed by atoms with E-state index in [1.54, 1.807) is 37.3 Å². The van der Waals surface area contributed by atoms with E-state index >= 15 is 0 Å². The number of esters is 1. The third kappa shape index (κ3) is 4.63. The summed E-state index contributed by atoms with van der Waals surface area (Å²) in [5.74, 6) is 0.504. The standard InChI is InChI=1S/C22H25NO5/c1-26-18-11-10-16(14-19(18)27-2)15-20(24)28-21(17-8-4-3-5-9-17)22(25)23-12-6-7-13-23/h3-5,8-11,14,21H,6-7,12-13,15H2,1-2H3/t21-/m1/s1. The maximum atomic E-state index is 12.9. The van der Waals surface area contributed by atoms with Crippen LogP contribution in [0.2, 0.25) is 0 Å². The fraction of sp³-hybridized carbons (Fsp3) is 0.364. The SMILES string of the molecule is COc1ccc(CC(=O)O[C@@H](C(=O)N2CCCC2)c2ccccc2)cc1OC. The van der Waals surface area contributed by atoms with E-state index in [2.05, 4.69) is 0 Å². The Bertz CT molecular complexity index is 815. The Morgan fingerprint density at radius 2 is 1.64 bits per heavy atom. The van der Waals surface area contributed by atoms with E-state index in [-0.39, 0.29) is 12.3 Å². The van der Waals surface area contributed by atoms with Crippen LogP contribution in [0.5, 0.6) is 11.5 Å². The normalized spacial score (nSPS) is 14.4. The fourth-order valence-corrected chi connectivity index (χ4v) is 3.32. The molecule has 1 amide bonds. The number of likely N-dealkylation sites (tertiary alicyclic amines) is 1. The predicted molar refractivity (Wildman–Crippen MR) is 104 cm³/mol. The molecule has 0 aliphatic carbocycles. The van der Waals surface area contributed by atoms with Crippen LogP contribution in [0.15, 0.2) is 48.5 Å². The molecule has 0 N–H and O–H groups in total. The monoisotopic (exact) mass is 383 g/mol. The van der Waals surface area contributed by atoms with E-state index in [0.29, 0.717) is 30.2 Å². The predicted octanol–water partition coefficient (Wildman–Crippen LogP) is 3.15. The average molecular weight is 383 g/mol. The molecular weight excluding hydrogens is 358 g/mol. The van der Waals surface area contributed by atoms with Crippen LogP contribution in [-0.4, -0.2) is 44.1 Å². The summed E-state index contributed by atoms with van der Waals surface area (Å²) in [6, 6.07) is 14.4. The molecule has 1 fully saturated rings. The lowest BCUT2D eigenvalue weighted by molar-refractivity contribution is -0.160. The molecule has 1 aliphatic rings. The van der Waals surface area contributed by atoms with E-state index in [4.69, 9.17) is 14.2 Å². The zero-order valence-corrected chi connectivity index (χ0v) is 16.2. The van der Waals surface area contributed by atoms with Crippen molar-refractivity contribution in [3.8, 4) is 11.5 Å². The van der Waals surface area contributed by atoms with Crippen LogP contribution in [0.1, 0.15) is 30.1 Å². The molecule has 0 saturated carbocycles. The quantitative estimate of drug-likeness (QED) is 0.687. The molecule has 6 nitrogen and oxygen atoms in total. The first kappa shape index (κ1) is 19.7. The van der Waals surface area contributed by atoms with Crippen LogP contribution in [0.3, 0.4) is 0 Å². The van der Waals surface area contributed by atoms with Crippen molar-refractivity contribution in [1.82, 2.24) is 4.90 Å². The summed E-state index contributed by atoms with van der Waals surface area (Å²) >= 11 is 0. The zero-order chi connectivity index (χ0) is 19.9.